The predicted molar refractivity (Wildman–Crippen MR) is 128 cm³/mol. The number of piperidine rings is 1. The van der Waals surface area contributed by atoms with Crippen LogP contribution in [0.4, 0.5) is 15.9 Å². The average molecular weight is 446 g/mol. The summed E-state index contributed by atoms with van der Waals surface area (Å²) in [6.07, 6.45) is 1.84. The SMILES string of the molecule is O=C([C@H]1CCCN(c2ccc(-c3ccccc3)nn2)C1)N1CCN(c2ccccc2F)CC1. The van der Waals surface area contributed by atoms with E-state index in [1.807, 2.05) is 58.3 Å². The van der Waals surface area contributed by atoms with Gasteiger partial charge in [-0.15, -0.1) is 10.2 Å². The predicted octanol–water partition coefficient (Wildman–Crippen LogP) is 3.85. The van der Waals surface area contributed by atoms with Crippen molar-refractivity contribution in [2.75, 3.05) is 49.1 Å². The lowest BCUT2D eigenvalue weighted by Gasteiger charge is -2.40. The van der Waals surface area contributed by atoms with Crippen LogP contribution in [0.5, 0.6) is 0 Å². The zero-order chi connectivity index (χ0) is 22.6. The third-order valence-electron chi connectivity index (χ3n) is 6.60. The summed E-state index contributed by atoms with van der Waals surface area (Å²) in [5, 5.41) is 8.85. The minimum absolute atomic E-state index is 0.0469. The van der Waals surface area contributed by atoms with Crippen LogP contribution >= 0.6 is 0 Å². The van der Waals surface area contributed by atoms with Gasteiger partial charge in [0.1, 0.15) is 5.82 Å². The van der Waals surface area contributed by atoms with Crippen LogP contribution in [0.3, 0.4) is 0 Å². The summed E-state index contributed by atoms with van der Waals surface area (Å²) < 4.78 is 14.1. The Labute approximate surface area is 193 Å². The highest BCUT2D eigenvalue weighted by molar-refractivity contribution is 5.80. The Morgan fingerprint density at radius 2 is 1.58 bits per heavy atom. The molecule has 170 valence electrons. The lowest BCUT2D eigenvalue weighted by molar-refractivity contribution is -0.136. The van der Waals surface area contributed by atoms with Crippen LogP contribution in [0.2, 0.25) is 0 Å². The summed E-state index contributed by atoms with van der Waals surface area (Å²) >= 11 is 0. The molecule has 2 fully saturated rings. The summed E-state index contributed by atoms with van der Waals surface area (Å²) in [5.74, 6) is 0.757. The average Bonchev–Trinajstić information content (AvgIpc) is 2.89. The number of rotatable bonds is 4. The van der Waals surface area contributed by atoms with Gasteiger partial charge in [-0.25, -0.2) is 4.39 Å². The molecular formula is C26H28FN5O. The van der Waals surface area contributed by atoms with Gasteiger partial charge in [0.2, 0.25) is 5.91 Å². The molecule has 6 nitrogen and oxygen atoms in total. The van der Waals surface area contributed by atoms with E-state index >= 15 is 0 Å². The first-order valence-corrected chi connectivity index (χ1v) is 11.6. The number of carbonyl (C=O) groups excluding carboxylic acids is 1. The largest absolute Gasteiger partial charge is 0.366 e. The molecule has 1 aromatic heterocycles. The van der Waals surface area contributed by atoms with E-state index in [0.717, 1.165) is 36.5 Å². The highest BCUT2D eigenvalue weighted by Gasteiger charge is 2.32. The van der Waals surface area contributed by atoms with Crippen molar-refractivity contribution in [2.45, 2.75) is 12.8 Å². The number of piperazine rings is 1. The Morgan fingerprint density at radius 3 is 2.30 bits per heavy atom. The molecule has 2 aliphatic rings. The molecule has 3 aromatic rings. The van der Waals surface area contributed by atoms with Crippen molar-refractivity contribution in [3.63, 3.8) is 0 Å². The summed E-state index contributed by atoms with van der Waals surface area (Å²) in [6, 6.07) is 20.8. The second-order valence-corrected chi connectivity index (χ2v) is 8.69. The standard InChI is InChI=1S/C26H28FN5O/c27-22-10-4-5-11-24(22)30-15-17-31(18-16-30)26(33)21-9-6-14-32(19-21)25-13-12-23(28-29-25)20-7-2-1-3-8-20/h1-5,7-8,10-13,21H,6,9,14-19H2/t21-/m0/s1. The Kier molecular flexibility index (Phi) is 6.19. The number of para-hydroxylation sites is 1. The number of hydrogen-bond acceptors (Lipinski definition) is 5. The molecule has 1 amide bonds. The molecule has 0 bridgehead atoms. The van der Waals surface area contributed by atoms with Crippen molar-refractivity contribution in [2.24, 2.45) is 5.92 Å². The third kappa shape index (κ3) is 4.67. The van der Waals surface area contributed by atoms with Crippen LogP contribution < -0.4 is 9.80 Å². The van der Waals surface area contributed by atoms with Gasteiger partial charge in [-0.05, 0) is 37.1 Å². The maximum absolute atomic E-state index is 14.1. The fraction of sp³-hybridized carbons (Fsp3) is 0.346. The maximum atomic E-state index is 14.1. The van der Waals surface area contributed by atoms with Crippen molar-refractivity contribution in [1.82, 2.24) is 15.1 Å². The topological polar surface area (TPSA) is 52.6 Å². The quantitative estimate of drug-likeness (QED) is 0.611. The van der Waals surface area contributed by atoms with Crippen LogP contribution in [0.25, 0.3) is 11.3 Å². The molecular weight excluding hydrogens is 417 g/mol. The van der Waals surface area contributed by atoms with E-state index in [4.69, 9.17) is 0 Å². The molecule has 0 N–H and O–H groups in total. The van der Waals surface area contributed by atoms with Crippen molar-refractivity contribution >= 4 is 17.4 Å². The number of aromatic nitrogens is 2. The normalized spacial score (nSPS) is 18.9. The Morgan fingerprint density at radius 1 is 0.818 bits per heavy atom. The van der Waals surface area contributed by atoms with E-state index < -0.39 is 0 Å². The summed E-state index contributed by atoms with van der Waals surface area (Å²) in [6.45, 7) is 4.07. The molecule has 3 heterocycles. The van der Waals surface area contributed by atoms with E-state index in [9.17, 15) is 9.18 Å². The summed E-state index contributed by atoms with van der Waals surface area (Å²) in [4.78, 5) is 19.4. The lowest BCUT2D eigenvalue weighted by Crippen LogP contribution is -2.52. The number of halogens is 1. The second-order valence-electron chi connectivity index (χ2n) is 8.69. The molecule has 7 heteroatoms. The van der Waals surface area contributed by atoms with Crippen LogP contribution in [0, 0.1) is 11.7 Å². The van der Waals surface area contributed by atoms with Crippen LogP contribution in [-0.2, 0) is 4.79 Å². The van der Waals surface area contributed by atoms with Gasteiger partial charge in [0, 0.05) is 44.8 Å². The first-order valence-electron chi connectivity index (χ1n) is 11.6. The fourth-order valence-corrected chi connectivity index (χ4v) is 4.78. The number of nitrogens with zero attached hydrogens (tertiary/aromatic N) is 5. The van der Waals surface area contributed by atoms with Gasteiger partial charge in [-0.2, -0.15) is 0 Å². The minimum atomic E-state index is -0.209. The second kappa shape index (κ2) is 9.57. The molecule has 0 spiro atoms. The molecule has 5 rings (SSSR count). The summed E-state index contributed by atoms with van der Waals surface area (Å²) in [7, 11) is 0. The molecule has 1 atom stereocenters. The van der Waals surface area contributed by atoms with Gasteiger partial charge in [0.25, 0.3) is 0 Å². The van der Waals surface area contributed by atoms with E-state index in [-0.39, 0.29) is 17.6 Å². The van der Waals surface area contributed by atoms with Gasteiger partial charge in [-0.1, -0.05) is 42.5 Å². The number of benzene rings is 2. The number of carbonyl (C=O) groups is 1. The lowest BCUT2D eigenvalue weighted by atomic mass is 9.96. The molecule has 2 aliphatic heterocycles. The molecule has 0 saturated carbocycles. The zero-order valence-corrected chi connectivity index (χ0v) is 18.6. The van der Waals surface area contributed by atoms with Crippen molar-refractivity contribution in [1.29, 1.82) is 0 Å². The molecule has 0 unspecified atom stereocenters. The number of hydrogen-bond donors (Lipinski definition) is 0. The Hall–Kier alpha value is -3.48. The van der Waals surface area contributed by atoms with E-state index in [1.54, 1.807) is 12.1 Å². The third-order valence-corrected chi connectivity index (χ3v) is 6.60. The van der Waals surface area contributed by atoms with Gasteiger partial charge in [0.05, 0.1) is 17.3 Å². The fourth-order valence-electron chi connectivity index (χ4n) is 4.78. The molecule has 0 aliphatic carbocycles. The number of anilines is 2. The van der Waals surface area contributed by atoms with Crippen LogP contribution in [-0.4, -0.2) is 60.3 Å². The molecule has 33 heavy (non-hydrogen) atoms. The van der Waals surface area contributed by atoms with Crippen molar-refractivity contribution in [3.05, 3.63) is 72.5 Å². The van der Waals surface area contributed by atoms with Crippen molar-refractivity contribution < 1.29 is 9.18 Å². The first-order chi connectivity index (χ1) is 16.2. The van der Waals surface area contributed by atoms with Crippen LogP contribution in [0.1, 0.15) is 12.8 Å². The van der Waals surface area contributed by atoms with E-state index in [1.165, 1.54) is 6.07 Å². The van der Waals surface area contributed by atoms with Gasteiger partial charge in [0.15, 0.2) is 5.82 Å². The van der Waals surface area contributed by atoms with E-state index in [0.29, 0.717) is 38.4 Å². The molecule has 0 radical (unpaired) electrons. The minimum Gasteiger partial charge on any atom is -0.366 e. The Bertz CT molecular complexity index is 1080. The van der Waals surface area contributed by atoms with Crippen LogP contribution in [0.15, 0.2) is 66.7 Å². The monoisotopic (exact) mass is 445 g/mol. The number of amides is 1. The first kappa shape index (κ1) is 21.4. The molecule has 2 aromatic carbocycles. The summed E-state index contributed by atoms with van der Waals surface area (Å²) in [5.41, 5.74) is 2.50. The van der Waals surface area contributed by atoms with Gasteiger partial charge in [-0.3, -0.25) is 4.79 Å². The Balaban J connectivity index is 1.19. The zero-order valence-electron chi connectivity index (χ0n) is 18.6. The molecule has 2 saturated heterocycles. The maximum Gasteiger partial charge on any atom is 0.227 e. The van der Waals surface area contributed by atoms with E-state index in [2.05, 4.69) is 15.1 Å². The highest BCUT2D eigenvalue weighted by Crippen LogP contribution is 2.26. The van der Waals surface area contributed by atoms with Gasteiger partial charge >= 0.3 is 0 Å². The smallest absolute Gasteiger partial charge is 0.227 e. The highest BCUT2D eigenvalue weighted by atomic mass is 19.1. The van der Waals surface area contributed by atoms with Gasteiger partial charge < -0.3 is 14.7 Å². The van der Waals surface area contributed by atoms with Crippen molar-refractivity contribution in [3.8, 4) is 11.3 Å².